The minimum absolute atomic E-state index is 0.220. The number of hydrogen-bond donors (Lipinski definition) is 2. The molecule has 0 heterocycles. The largest absolute Gasteiger partial charge is 0.271 e. The molecule has 2 nitrogen and oxygen atoms in total. The molecule has 14 heavy (non-hydrogen) atoms. The molecule has 1 aliphatic carbocycles. The SMILES string of the molecule is NNC(c1ccccc1Cl)C1CCC1. The smallest absolute Gasteiger partial charge is 0.0502 e. The third-order valence-corrected chi connectivity index (χ3v) is 3.39. The number of hydrazine groups is 1. The van der Waals surface area contributed by atoms with E-state index in [0.717, 1.165) is 10.6 Å². The Morgan fingerprint density at radius 1 is 1.36 bits per heavy atom. The summed E-state index contributed by atoms with van der Waals surface area (Å²) in [6.45, 7) is 0. The molecule has 0 amide bonds. The summed E-state index contributed by atoms with van der Waals surface area (Å²) in [4.78, 5) is 0. The summed E-state index contributed by atoms with van der Waals surface area (Å²) in [6, 6.07) is 8.13. The minimum atomic E-state index is 0.220. The molecule has 0 spiro atoms. The van der Waals surface area contributed by atoms with Crippen LogP contribution < -0.4 is 11.3 Å². The van der Waals surface area contributed by atoms with Gasteiger partial charge >= 0.3 is 0 Å². The van der Waals surface area contributed by atoms with Gasteiger partial charge in [0, 0.05) is 5.02 Å². The van der Waals surface area contributed by atoms with Crippen LogP contribution in [0.3, 0.4) is 0 Å². The number of nitrogens with two attached hydrogens (primary N) is 1. The molecule has 1 aliphatic rings. The van der Waals surface area contributed by atoms with Crippen molar-refractivity contribution in [1.29, 1.82) is 0 Å². The molecule has 0 aliphatic heterocycles. The topological polar surface area (TPSA) is 38.0 Å². The lowest BCUT2D eigenvalue weighted by molar-refractivity contribution is 0.232. The zero-order valence-corrected chi connectivity index (χ0v) is 8.80. The van der Waals surface area contributed by atoms with Crippen molar-refractivity contribution in [1.82, 2.24) is 5.43 Å². The van der Waals surface area contributed by atoms with E-state index in [-0.39, 0.29) is 6.04 Å². The molecule has 1 aromatic rings. The average molecular weight is 211 g/mol. The standard InChI is InChI=1S/C11H15ClN2/c12-10-7-2-1-6-9(10)11(14-13)8-4-3-5-8/h1-2,6-8,11,14H,3-5,13H2. The van der Waals surface area contributed by atoms with Crippen LogP contribution in [0, 0.1) is 5.92 Å². The number of hydrogen-bond acceptors (Lipinski definition) is 2. The van der Waals surface area contributed by atoms with E-state index < -0.39 is 0 Å². The van der Waals surface area contributed by atoms with E-state index in [2.05, 4.69) is 5.43 Å². The van der Waals surface area contributed by atoms with Crippen LogP contribution in [0.4, 0.5) is 0 Å². The molecule has 2 rings (SSSR count). The number of benzene rings is 1. The van der Waals surface area contributed by atoms with E-state index in [1.54, 1.807) is 0 Å². The molecule has 1 aromatic carbocycles. The highest BCUT2D eigenvalue weighted by Crippen LogP contribution is 2.39. The highest BCUT2D eigenvalue weighted by atomic mass is 35.5. The van der Waals surface area contributed by atoms with E-state index >= 15 is 0 Å². The fourth-order valence-electron chi connectivity index (χ4n) is 1.98. The van der Waals surface area contributed by atoms with Gasteiger partial charge in [0.2, 0.25) is 0 Å². The summed E-state index contributed by atoms with van der Waals surface area (Å²) in [5.74, 6) is 6.23. The lowest BCUT2D eigenvalue weighted by Gasteiger charge is -2.33. The molecule has 1 atom stereocenters. The van der Waals surface area contributed by atoms with Crippen molar-refractivity contribution in [2.24, 2.45) is 11.8 Å². The quantitative estimate of drug-likeness (QED) is 0.595. The van der Waals surface area contributed by atoms with Gasteiger partial charge in [-0.1, -0.05) is 36.2 Å². The monoisotopic (exact) mass is 210 g/mol. The van der Waals surface area contributed by atoms with Gasteiger partial charge in [0.25, 0.3) is 0 Å². The van der Waals surface area contributed by atoms with Crippen LogP contribution in [-0.4, -0.2) is 0 Å². The van der Waals surface area contributed by atoms with Crippen LogP contribution in [0.25, 0.3) is 0 Å². The summed E-state index contributed by atoms with van der Waals surface area (Å²) in [6.07, 6.45) is 3.81. The fraction of sp³-hybridized carbons (Fsp3) is 0.455. The number of rotatable bonds is 3. The molecule has 0 aromatic heterocycles. The summed E-state index contributed by atoms with van der Waals surface area (Å²) in [7, 11) is 0. The van der Waals surface area contributed by atoms with Crippen LogP contribution in [0.15, 0.2) is 24.3 Å². The van der Waals surface area contributed by atoms with Crippen molar-refractivity contribution in [2.45, 2.75) is 25.3 Å². The molecule has 1 saturated carbocycles. The minimum Gasteiger partial charge on any atom is -0.271 e. The molecular weight excluding hydrogens is 196 g/mol. The maximum atomic E-state index is 6.13. The van der Waals surface area contributed by atoms with E-state index in [4.69, 9.17) is 17.4 Å². The first-order chi connectivity index (χ1) is 6.83. The second-order valence-electron chi connectivity index (χ2n) is 3.86. The van der Waals surface area contributed by atoms with Crippen molar-refractivity contribution in [3.63, 3.8) is 0 Å². The Bertz CT molecular complexity index is 310. The van der Waals surface area contributed by atoms with Crippen LogP contribution in [0.2, 0.25) is 5.02 Å². The lowest BCUT2D eigenvalue weighted by atomic mass is 9.77. The van der Waals surface area contributed by atoms with Crippen molar-refractivity contribution >= 4 is 11.6 Å². The maximum absolute atomic E-state index is 6.13. The van der Waals surface area contributed by atoms with E-state index in [1.807, 2.05) is 24.3 Å². The molecular formula is C11H15ClN2. The fourth-order valence-corrected chi connectivity index (χ4v) is 2.23. The van der Waals surface area contributed by atoms with Gasteiger partial charge in [-0.3, -0.25) is 11.3 Å². The van der Waals surface area contributed by atoms with Crippen molar-refractivity contribution in [3.05, 3.63) is 34.9 Å². The number of halogens is 1. The molecule has 0 bridgehead atoms. The Morgan fingerprint density at radius 2 is 2.07 bits per heavy atom. The van der Waals surface area contributed by atoms with Gasteiger partial charge in [0.15, 0.2) is 0 Å². The molecule has 3 heteroatoms. The van der Waals surface area contributed by atoms with Crippen molar-refractivity contribution < 1.29 is 0 Å². The summed E-state index contributed by atoms with van der Waals surface area (Å²) < 4.78 is 0. The third kappa shape index (κ3) is 1.78. The molecule has 1 fully saturated rings. The average Bonchev–Trinajstić information content (AvgIpc) is 2.12. The van der Waals surface area contributed by atoms with Gasteiger partial charge < -0.3 is 0 Å². The van der Waals surface area contributed by atoms with Crippen LogP contribution in [0.5, 0.6) is 0 Å². The molecule has 0 radical (unpaired) electrons. The Morgan fingerprint density at radius 3 is 2.57 bits per heavy atom. The van der Waals surface area contributed by atoms with Crippen LogP contribution in [0.1, 0.15) is 30.9 Å². The first-order valence-electron chi connectivity index (χ1n) is 5.03. The van der Waals surface area contributed by atoms with Gasteiger partial charge in [-0.2, -0.15) is 0 Å². The highest BCUT2D eigenvalue weighted by Gasteiger charge is 2.28. The van der Waals surface area contributed by atoms with E-state index in [0.29, 0.717) is 5.92 Å². The summed E-state index contributed by atoms with van der Waals surface area (Å²) in [5.41, 5.74) is 4.00. The first-order valence-corrected chi connectivity index (χ1v) is 5.41. The van der Waals surface area contributed by atoms with Gasteiger partial charge in [-0.05, 0) is 30.4 Å². The maximum Gasteiger partial charge on any atom is 0.0502 e. The van der Waals surface area contributed by atoms with Crippen molar-refractivity contribution in [2.75, 3.05) is 0 Å². The highest BCUT2D eigenvalue weighted by molar-refractivity contribution is 6.31. The first kappa shape index (κ1) is 9.97. The Balaban J connectivity index is 2.22. The van der Waals surface area contributed by atoms with Gasteiger partial charge in [0.05, 0.1) is 6.04 Å². The molecule has 1 unspecified atom stereocenters. The summed E-state index contributed by atoms with van der Waals surface area (Å²) >= 11 is 6.13. The Kier molecular flexibility index (Phi) is 3.06. The third-order valence-electron chi connectivity index (χ3n) is 3.04. The van der Waals surface area contributed by atoms with E-state index in [9.17, 15) is 0 Å². The predicted octanol–water partition coefficient (Wildman–Crippen LogP) is 2.64. The van der Waals surface area contributed by atoms with E-state index in [1.165, 1.54) is 19.3 Å². The Labute approximate surface area is 89.4 Å². The van der Waals surface area contributed by atoms with Crippen LogP contribution >= 0.6 is 11.6 Å². The zero-order chi connectivity index (χ0) is 9.97. The van der Waals surface area contributed by atoms with Gasteiger partial charge in [-0.15, -0.1) is 0 Å². The second kappa shape index (κ2) is 4.30. The van der Waals surface area contributed by atoms with Gasteiger partial charge in [0.1, 0.15) is 0 Å². The predicted molar refractivity (Wildman–Crippen MR) is 58.9 cm³/mol. The second-order valence-corrected chi connectivity index (χ2v) is 4.26. The lowest BCUT2D eigenvalue weighted by Crippen LogP contribution is -2.36. The normalized spacial score (nSPS) is 19.0. The Hall–Kier alpha value is -0.570. The summed E-state index contributed by atoms with van der Waals surface area (Å²) in [5, 5.41) is 0.808. The van der Waals surface area contributed by atoms with Crippen LogP contribution in [-0.2, 0) is 0 Å². The number of nitrogens with one attached hydrogen (secondary N) is 1. The molecule has 0 saturated heterocycles. The van der Waals surface area contributed by atoms with Gasteiger partial charge in [-0.25, -0.2) is 0 Å². The van der Waals surface area contributed by atoms with Crippen molar-refractivity contribution in [3.8, 4) is 0 Å². The molecule has 3 N–H and O–H groups in total. The zero-order valence-electron chi connectivity index (χ0n) is 8.04. The molecule has 76 valence electrons.